The Balaban J connectivity index is 1.36. The average molecular weight is 409 g/mol. The topological polar surface area (TPSA) is 88.2 Å². The predicted molar refractivity (Wildman–Crippen MR) is 109 cm³/mol. The Labute approximate surface area is 174 Å². The van der Waals surface area contributed by atoms with Crippen LogP contribution < -0.4 is 14.8 Å². The number of amides is 4. The highest BCUT2D eigenvalue weighted by Crippen LogP contribution is 2.29. The molecule has 2 heterocycles. The van der Waals surface area contributed by atoms with Crippen molar-refractivity contribution in [1.82, 2.24) is 9.80 Å². The molecule has 8 heteroatoms. The minimum absolute atomic E-state index is 0.142. The second kappa shape index (κ2) is 8.44. The van der Waals surface area contributed by atoms with Gasteiger partial charge in [-0.15, -0.1) is 0 Å². The summed E-state index contributed by atoms with van der Waals surface area (Å²) in [5.74, 6) is 0.562. The average Bonchev–Trinajstić information content (AvgIpc) is 3.32. The summed E-state index contributed by atoms with van der Waals surface area (Å²) in [5, 5.41) is 2.77. The molecule has 2 aromatic rings. The number of methoxy groups -OCH3 is 1. The molecule has 1 atom stereocenters. The fourth-order valence-electron chi connectivity index (χ4n) is 3.84. The second-order valence-electron chi connectivity index (χ2n) is 7.25. The normalized spacial score (nSPS) is 17.8. The van der Waals surface area contributed by atoms with Crippen molar-refractivity contribution in [3.8, 4) is 11.5 Å². The number of carbonyl (C=O) groups is 3. The zero-order chi connectivity index (χ0) is 21.1. The van der Waals surface area contributed by atoms with E-state index in [1.165, 1.54) is 12.0 Å². The quantitative estimate of drug-likeness (QED) is 0.711. The summed E-state index contributed by atoms with van der Waals surface area (Å²) in [6, 6.07) is 13.6. The van der Waals surface area contributed by atoms with Crippen molar-refractivity contribution in [2.24, 2.45) is 0 Å². The number of rotatable bonds is 7. The van der Waals surface area contributed by atoms with Crippen LogP contribution in [0.4, 0.5) is 10.5 Å². The summed E-state index contributed by atoms with van der Waals surface area (Å²) in [5.41, 5.74) is 1.34. The molecule has 0 aliphatic carbocycles. The number of urea groups is 1. The van der Waals surface area contributed by atoms with Gasteiger partial charge in [-0.05, 0) is 42.7 Å². The lowest BCUT2D eigenvalue weighted by atomic mass is 10.1. The highest BCUT2D eigenvalue weighted by molar-refractivity contribution is 6.04. The first kappa shape index (κ1) is 19.8. The Hall–Kier alpha value is -3.55. The van der Waals surface area contributed by atoms with Crippen molar-refractivity contribution in [2.45, 2.75) is 25.4 Å². The molecule has 4 rings (SSSR count). The monoisotopic (exact) mass is 409 g/mol. The third-order valence-electron chi connectivity index (χ3n) is 5.26. The molecule has 1 unspecified atom stereocenters. The molecule has 0 bridgehead atoms. The van der Waals surface area contributed by atoms with E-state index >= 15 is 0 Å². The van der Waals surface area contributed by atoms with Gasteiger partial charge in [-0.3, -0.25) is 14.5 Å². The minimum Gasteiger partial charge on any atom is -0.493 e. The van der Waals surface area contributed by atoms with Gasteiger partial charge in [-0.1, -0.05) is 24.3 Å². The summed E-state index contributed by atoms with van der Waals surface area (Å²) in [7, 11) is 1.54. The van der Waals surface area contributed by atoms with E-state index in [4.69, 9.17) is 9.47 Å². The van der Waals surface area contributed by atoms with Gasteiger partial charge in [0.15, 0.2) is 18.1 Å². The molecule has 2 aliphatic rings. The van der Waals surface area contributed by atoms with Crippen LogP contribution in [0.25, 0.3) is 0 Å². The van der Waals surface area contributed by atoms with Crippen LogP contribution in [-0.4, -0.2) is 53.9 Å². The fourth-order valence-corrected chi connectivity index (χ4v) is 3.84. The van der Waals surface area contributed by atoms with E-state index in [9.17, 15) is 14.4 Å². The molecule has 4 amide bonds. The van der Waals surface area contributed by atoms with Gasteiger partial charge < -0.3 is 19.7 Å². The first-order valence-electron chi connectivity index (χ1n) is 9.83. The summed E-state index contributed by atoms with van der Waals surface area (Å²) in [4.78, 5) is 40.2. The molecule has 1 N–H and O–H groups in total. The summed E-state index contributed by atoms with van der Waals surface area (Å²) < 4.78 is 10.7. The number of ether oxygens (including phenoxy) is 2. The number of benzene rings is 2. The lowest BCUT2D eigenvalue weighted by Gasteiger charge is -2.16. The van der Waals surface area contributed by atoms with Crippen LogP contribution in [0.2, 0.25) is 0 Å². The molecule has 0 radical (unpaired) electrons. The second-order valence-corrected chi connectivity index (χ2v) is 7.25. The minimum atomic E-state index is -0.327. The highest BCUT2D eigenvalue weighted by atomic mass is 16.5. The lowest BCUT2D eigenvalue weighted by Crippen LogP contribution is -2.32. The molecule has 30 heavy (non-hydrogen) atoms. The molecule has 2 saturated heterocycles. The van der Waals surface area contributed by atoms with E-state index in [-0.39, 0.29) is 37.0 Å². The van der Waals surface area contributed by atoms with E-state index in [1.54, 1.807) is 41.3 Å². The summed E-state index contributed by atoms with van der Waals surface area (Å²) in [6.45, 7) is 0.643. The first-order valence-corrected chi connectivity index (χ1v) is 9.83. The van der Waals surface area contributed by atoms with Gasteiger partial charge in [0.05, 0.1) is 13.7 Å². The Morgan fingerprint density at radius 2 is 1.93 bits per heavy atom. The number of hydrogen-bond acceptors (Lipinski definition) is 5. The van der Waals surface area contributed by atoms with Crippen molar-refractivity contribution in [2.75, 3.05) is 25.6 Å². The van der Waals surface area contributed by atoms with Crippen LogP contribution >= 0.6 is 0 Å². The summed E-state index contributed by atoms with van der Waals surface area (Å²) >= 11 is 0. The Morgan fingerprint density at radius 1 is 1.13 bits per heavy atom. The molecule has 2 aromatic carbocycles. The number of nitrogens with one attached hydrogen (secondary N) is 1. The van der Waals surface area contributed by atoms with E-state index in [1.807, 2.05) is 12.1 Å². The van der Waals surface area contributed by atoms with Crippen LogP contribution in [0.1, 0.15) is 18.4 Å². The van der Waals surface area contributed by atoms with Crippen LogP contribution in [0.5, 0.6) is 11.5 Å². The highest BCUT2D eigenvalue weighted by Gasteiger charge is 2.47. The molecule has 2 aliphatic heterocycles. The molecule has 0 aromatic heterocycles. The van der Waals surface area contributed by atoms with Crippen molar-refractivity contribution < 1.29 is 23.9 Å². The Kier molecular flexibility index (Phi) is 5.56. The van der Waals surface area contributed by atoms with Gasteiger partial charge in [0.1, 0.15) is 6.04 Å². The zero-order valence-electron chi connectivity index (χ0n) is 16.7. The summed E-state index contributed by atoms with van der Waals surface area (Å²) in [6.07, 6.45) is 1.60. The number of para-hydroxylation sites is 2. The van der Waals surface area contributed by atoms with Crippen molar-refractivity contribution in [1.29, 1.82) is 0 Å². The van der Waals surface area contributed by atoms with E-state index in [0.29, 0.717) is 23.7 Å². The van der Waals surface area contributed by atoms with Gasteiger partial charge >= 0.3 is 6.03 Å². The smallest absolute Gasteiger partial charge is 0.327 e. The van der Waals surface area contributed by atoms with Gasteiger partial charge in [-0.25, -0.2) is 4.79 Å². The number of imide groups is 1. The zero-order valence-corrected chi connectivity index (χ0v) is 16.7. The van der Waals surface area contributed by atoms with Crippen molar-refractivity contribution in [3.05, 3.63) is 54.1 Å². The van der Waals surface area contributed by atoms with Crippen molar-refractivity contribution >= 4 is 23.5 Å². The number of fused-ring (bicyclic) bond motifs is 1. The van der Waals surface area contributed by atoms with E-state index in [2.05, 4.69) is 5.32 Å². The van der Waals surface area contributed by atoms with Crippen LogP contribution in [-0.2, 0) is 16.1 Å². The Morgan fingerprint density at radius 3 is 2.70 bits per heavy atom. The predicted octanol–water partition coefficient (Wildman–Crippen LogP) is 2.64. The van der Waals surface area contributed by atoms with E-state index < -0.39 is 0 Å². The maximum absolute atomic E-state index is 12.5. The third-order valence-corrected chi connectivity index (χ3v) is 5.26. The van der Waals surface area contributed by atoms with Crippen LogP contribution in [0.3, 0.4) is 0 Å². The van der Waals surface area contributed by atoms with Gasteiger partial charge in [0, 0.05) is 12.2 Å². The van der Waals surface area contributed by atoms with Gasteiger partial charge in [0.2, 0.25) is 0 Å². The van der Waals surface area contributed by atoms with Crippen molar-refractivity contribution in [3.63, 3.8) is 0 Å². The molecule has 0 saturated carbocycles. The third kappa shape index (κ3) is 3.94. The lowest BCUT2D eigenvalue weighted by molar-refractivity contribution is -0.128. The molecular weight excluding hydrogens is 386 g/mol. The maximum atomic E-state index is 12.5. The molecule has 2 fully saturated rings. The molecular formula is C22H23N3O5. The Bertz CT molecular complexity index is 955. The van der Waals surface area contributed by atoms with E-state index in [0.717, 1.165) is 18.4 Å². The standard InChI is InChI=1S/C22H23N3O5/c1-29-18-9-2-3-10-19(18)30-14-20(26)23-16-7-4-6-15(12-16)13-25-21(27)17-8-5-11-24(17)22(25)28/h2-4,6-7,9-10,12,17H,5,8,11,13-14H2,1H3,(H,23,26). The fraction of sp³-hybridized carbons (Fsp3) is 0.318. The van der Waals surface area contributed by atoms with Crippen LogP contribution in [0.15, 0.2) is 48.5 Å². The van der Waals surface area contributed by atoms with Gasteiger partial charge in [0.25, 0.3) is 11.8 Å². The largest absolute Gasteiger partial charge is 0.493 e. The number of nitrogens with zero attached hydrogens (tertiary/aromatic N) is 2. The first-order chi connectivity index (χ1) is 14.6. The SMILES string of the molecule is COc1ccccc1OCC(=O)Nc1cccc(CN2C(=O)C3CCCN3C2=O)c1. The number of anilines is 1. The molecule has 8 nitrogen and oxygen atoms in total. The number of hydrogen-bond donors (Lipinski definition) is 1. The van der Waals surface area contributed by atoms with Gasteiger partial charge in [-0.2, -0.15) is 0 Å². The molecule has 156 valence electrons. The van der Waals surface area contributed by atoms with Crippen LogP contribution in [0, 0.1) is 0 Å². The number of carbonyl (C=O) groups excluding carboxylic acids is 3. The molecule has 0 spiro atoms. The maximum Gasteiger partial charge on any atom is 0.327 e.